The van der Waals surface area contributed by atoms with Gasteiger partial charge < -0.3 is 9.47 Å². The molecule has 1 aliphatic heterocycles. The highest BCUT2D eigenvalue weighted by Crippen LogP contribution is 2.31. The van der Waals surface area contributed by atoms with Gasteiger partial charge in [0.05, 0.1) is 25.5 Å². The van der Waals surface area contributed by atoms with Gasteiger partial charge in [0.1, 0.15) is 11.5 Å². The molecular weight excluding hydrogens is 338 g/mol. The fraction of sp³-hybridized carbons (Fsp3) is 0.273. The third-order valence-electron chi connectivity index (χ3n) is 4.96. The summed E-state index contributed by atoms with van der Waals surface area (Å²) in [5.74, 6) is 2.51. The Bertz CT molecular complexity index is 906. The molecule has 2 aromatic carbocycles. The van der Waals surface area contributed by atoms with Gasteiger partial charge in [-0.3, -0.25) is 4.90 Å². The Morgan fingerprint density at radius 3 is 2.41 bits per heavy atom. The van der Waals surface area contributed by atoms with Gasteiger partial charge >= 0.3 is 0 Å². The van der Waals surface area contributed by atoms with E-state index in [1.165, 1.54) is 5.56 Å². The lowest BCUT2D eigenvalue weighted by atomic mass is 10.0. The normalized spacial score (nSPS) is 13.9. The minimum atomic E-state index is 0.771. The first-order chi connectivity index (χ1) is 13.3. The molecule has 5 heteroatoms. The van der Waals surface area contributed by atoms with Gasteiger partial charge in [0, 0.05) is 43.4 Å². The smallest absolute Gasteiger partial charge is 0.159 e. The second kappa shape index (κ2) is 7.76. The molecule has 0 radical (unpaired) electrons. The SMILES string of the molecule is COc1cccc(OC)c1CN1CCc2nc(-c3ccccc3)ncc2C1. The lowest BCUT2D eigenvalue weighted by molar-refractivity contribution is 0.235. The lowest BCUT2D eigenvalue weighted by Gasteiger charge is -2.29. The molecule has 0 amide bonds. The van der Waals surface area contributed by atoms with Crippen LogP contribution in [0, 0.1) is 0 Å². The summed E-state index contributed by atoms with van der Waals surface area (Å²) in [6, 6.07) is 16.0. The van der Waals surface area contributed by atoms with Crippen molar-refractivity contribution in [1.29, 1.82) is 0 Å². The molecule has 2 heterocycles. The molecule has 27 heavy (non-hydrogen) atoms. The van der Waals surface area contributed by atoms with E-state index >= 15 is 0 Å². The quantitative estimate of drug-likeness (QED) is 0.693. The van der Waals surface area contributed by atoms with Crippen molar-refractivity contribution >= 4 is 0 Å². The summed E-state index contributed by atoms with van der Waals surface area (Å²) in [6.45, 7) is 2.54. The summed E-state index contributed by atoms with van der Waals surface area (Å²) in [5, 5.41) is 0. The van der Waals surface area contributed by atoms with Gasteiger partial charge in [0.15, 0.2) is 5.82 Å². The van der Waals surface area contributed by atoms with Crippen molar-refractivity contribution in [1.82, 2.24) is 14.9 Å². The zero-order chi connectivity index (χ0) is 18.6. The highest BCUT2D eigenvalue weighted by atomic mass is 16.5. The van der Waals surface area contributed by atoms with E-state index in [0.29, 0.717) is 0 Å². The molecule has 0 fully saturated rings. The van der Waals surface area contributed by atoms with E-state index in [1.54, 1.807) is 14.2 Å². The van der Waals surface area contributed by atoms with E-state index in [1.807, 2.05) is 54.7 Å². The Kier molecular flexibility index (Phi) is 5.03. The number of nitrogens with zero attached hydrogens (tertiary/aromatic N) is 3. The van der Waals surface area contributed by atoms with Crippen molar-refractivity contribution in [3.8, 4) is 22.9 Å². The number of aromatic nitrogens is 2. The van der Waals surface area contributed by atoms with E-state index in [2.05, 4.69) is 9.88 Å². The van der Waals surface area contributed by atoms with Crippen molar-refractivity contribution in [3.05, 3.63) is 71.5 Å². The zero-order valence-electron chi connectivity index (χ0n) is 15.7. The lowest BCUT2D eigenvalue weighted by Crippen LogP contribution is -2.31. The molecule has 138 valence electrons. The average molecular weight is 361 g/mol. The van der Waals surface area contributed by atoms with Gasteiger partial charge in [-0.25, -0.2) is 9.97 Å². The molecule has 0 aliphatic carbocycles. The van der Waals surface area contributed by atoms with Gasteiger partial charge in [-0.2, -0.15) is 0 Å². The Morgan fingerprint density at radius 2 is 1.70 bits per heavy atom. The molecule has 0 spiro atoms. The van der Waals surface area contributed by atoms with Crippen molar-refractivity contribution in [2.75, 3.05) is 20.8 Å². The molecule has 4 rings (SSSR count). The van der Waals surface area contributed by atoms with Crippen LogP contribution in [0.5, 0.6) is 11.5 Å². The van der Waals surface area contributed by atoms with Crippen LogP contribution in [0.4, 0.5) is 0 Å². The number of hydrogen-bond donors (Lipinski definition) is 0. The Balaban J connectivity index is 1.55. The van der Waals surface area contributed by atoms with Gasteiger partial charge in [0.2, 0.25) is 0 Å². The standard InChI is InChI=1S/C22H23N3O2/c1-26-20-9-6-10-21(27-2)18(20)15-25-12-11-19-17(14-25)13-23-22(24-19)16-7-4-3-5-8-16/h3-10,13H,11-12,14-15H2,1-2H3. The van der Waals surface area contributed by atoms with Crippen LogP contribution in [0.2, 0.25) is 0 Å². The van der Waals surface area contributed by atoms with Crippen molar-refractivity contribution in [2.45, 2.75) is 19.5 Å². The van der Waals surface area contributed by atoms with E-state index < -0.39 is 0 Å². The summed E-state index contributed by atoms with van der Waals surface area (Å²) in [5.41, 5.74) is 4.47. The molecule has 0 unspecified atom stereocenters. The molecule has 0 saturated carbocycles. The third kappa shape index (κ3) is 3.64. The monoisotopic (exact) mass is 361 g/mol. The highest BCUT2D eigenvalue weighted by molar-refractivity contribution is 5.54. The van der Waals surface area contributed by atoms with Gasteiger partial charge in [-0.1, -0.05) is 36.4 Å². The average Bonchev–Trinajstić information content (AvgIpc) is 2.74. The first kappa shape index (κ1) is 17.5. The van der Waals surface area contributed by atoms with Crippen LogP contribution >= 0.6 is 0 Å². The van der Waals surface area contributed by atoms with Crippen LogP contribution < -0.4 is 9.47 Å². The molecule has 0 atom stereocenters. The second-order valence-corrected chi connectivity index (χ2v) is 6.63. The molecule has 5 nitrogen and oxygen atoms in total. The molecule has 0 bridgehead atoms. The number of hydrogen-bond acceptors (Lipinski definition) is 5. The molecular formula is C22H23N3O2. The summed E-state index contributed by atoms with van der Waals surface area (Å²) in [4.78, 5) is 11.8. The van der Waals surface area contributed by atoms with Gasteiger partial charge in [-0.15, -0.1) is 0 Å². The van der Waals surface area contributed by atoms with Crippen LogP contribution in [0.25, 0.3) is 11.4 Å². The Labute approximate surface area is 159 Å². The predicted molar refractivity (Wildman–Crippen MR) is 105 cm³/mol. The third-order valence-corrected chi connectivity index (χ3v) is 4.96. The maximum absolute atomic E-state index is 5.53. The Hall–Kier alpha value is -2.92. The van der Waals surface area contributed by atoms with Crippen LogP contribution in [-0.2, 0) is 19.5 Å². The predicted octanol–water partition coefficient (Wildman–Crippen LogP) is 3.72. The summed E-state index contributed by atoms with van der Waals surface area (Å²) in [6.07, 6.45) is 2.88. The fourth-order valence-electron chi connectivity index (χ4n) is 3.54. The largest absolute Gasteiger partial charge is 0.496 e. The van der Waals surface area contributed by atoms with Crippen LogP contribution in [0.15, 0.2) is 54.7 Å². The number of benzene rings is 2. The van der Waals surface area contributed by atoms with Crippen LogP contribution in [-0.4, -0.2) is 35.6 Å². The van der Waals surface area contributed by atoms with Crippen molar-refractivity contribution < 1.29 is 9.47 Å². The number of methoxy groups -OCH3 is 2. The first-order valence-corrected chi connectivity index (χ1v) is 9.11. The van der Waals surface area contributed by atoms with Gasteiger partial charge in [-0.05, 0) is 12.1 Å². The number of rotatable bonds is 5. The second-order valence-electron chi connectivity index (χ2n) is 6.63. The molecule has 3 aromatic rings. The zero-order valence-corrected chi connectivity index (χ0v) is 15.7. The Morgan fingerprint density at radius 1 is 0.963 bits per heavy atom. The minimum absolute atomic E-state index is 0.771. The summed E-state index contributed by atoms with van der Waals surface area (Å²) in [7, 11) is 3.39. The molecule has 1 aliphatic rings. The maximum atomic E-state index is 5.53. The van der Waals surface area contributed by atoms with Gasteiger partial charge in [0.25, 0.3) is 0 Å². The van der Waals surface area contributed by atoms with Crippen LogP contribution in [0.1, 0.15) is 16.8 Å². The molecule has 0 saturated heterocycles. The minimum Gasteiger partial charge on any atom is -0.496 e. The van der Waals surface area contributed by atoms with Crippen LogP contribution in [0.3, 0.4) is 0 Å². The first-order valence-electron chi connectivity index (χ1n) is 9.11. The van der Waals surface area contributed by atoms with E-state index in [4.69, 9.17) is 14.5 Å². The topological polar surface area (TPSA) is 47.5 Å². The molecule has 1 aromatic heterocycles. The van der Waals surface area contributed by atoms with E-state index in [0.717, 1.165) is 60.2 Å². The number of fused-ring (bicyclic) bond motifs is 1. The molecule has 0 N–H and O–H groups in total. The number of ether oxygens (including phenoxy) is 2. The highest BCUT2D eigenvalue weighted by Gasteiger charge is 2.21. The summed E-state index contributed by atoms with van der Waals surface area (Å²) < 4.78 is 11.1. The fourth-order valence-corrected chi connectivity index (χ4v) is 3.54. The maximum Gasteiger partial charge on any atom is 0.159 e. The van der Waals surface area contributed by atoms with Crippen molar-refractivity contribution in [2.24, 2.45) is 0 Å². The van der Waals surface area contributed by atoms with E-state index in [-0.39, 0.29) is 0 Å². The summed E-state index contributed by atoms with van der Waals surface area (Å²) >= 11 is 0. The van der Waals surface area contributed by atoms with E-state index in [9.17, 15) is 0 Å². The van der Waals surface area contributed by atoms with Crippen molar-refractivity contribution in [3.63, 3.8) is 0 Å².